The number of hydrogen-bond donors (Lipinski definition) is 1. The van der Waals surface area contributed by atoms with E-state index in [9.17, 15) is 4.79 Å². The van der Waals surface area contributed by atoms with Gasteiger partial charge in [0.25, 0.3) is 5.91 Å². The maximum Gasteiger partial charge on any atom is 0.252 e. The first-order valence-electron chi connectivity index (χ1n) is 9.22. The van der Waals surface area contributed by atoms with Crippen LogP contribution in [0.1, 0.15) is 46.9 Å². The molecule has 3 rings (SSSR count). The third-order valence-electron chi connectivity index (χ3n) is 4.31. The van der Waals surface area contributed by atoms with Crippen LogP contribution < -0.4 is 10.1 Å². The van der Waals surface area contributed by atoms with E-state index in [0.717, 1.165) is 16.9 Å². The average Bonchev–Trinajstić information content (AvgIpc) is 2.67. The number of rotatable bonds is 6. The van der Waals surface area contributed by atoms with Gasteiger partial charge in [0.05, 0.1) is 12.1 Å². The number of nitrogens with one attached hydrogen (secondary N) is 1. The Balaban J connectivity index is 1.83. The molecule has 1 N–H and O–H groups in total. The van der Waals surface area contributed by atoms with E-state index in [-0.39, 0.29) is 18.1 Å². The monoisotopic (exact) mass is 359 g/mol. The van der Waals surface area contributed by atoms with Gasteiger partial charge in [-0.3, -0.25) is 4.79 Å². The summed E-state index contributed by atoms with van der Waals surface area (Å²) >= 11 is 0. The van der Waals surface area contributed by atoms with E-state index in [1.807, 2.05) is 56.3 Å². The van der Waals surface area contributed by atoms with Gasteiger partial charge in [-0.1, -0.05) is 60.2 Å². The van der Waals surface area contributed by atoms with Gasteiger partial charge in [-0.05, 0) is 56.2 Å². The van der Waals surface area contributed by atoms with E-state index in [4.69, 9.17) is 4.74 Å². The summed E-state index contributed by atoms with van der Waals surface area (Å²) in [5.74, 6) is 0.653. The summed E-state index contributed by atoms with van der Waals surface area (Å²) in [7, 11) is 0. The van der Waals surface area contributed by atoms with Crippen molar-refractivity contribution in [2.45, 2.75) is 32.9 Å². The molecule has 0 unspecified atom stereocenters. The average molecular weight is 359 g/mol. The molecule has 3 aromatic rings. The standard InChI is InChI=1S/C24H25NO2/c1-17(2)27-22-15-13-21(14-16-22)24(26)25-23(19-7-5-4-6-8-19)20-11-9-18(3)10-12-20/h4-17,23H,1-3H3,(H,25,26)/t23-/m0/s1. The van der Waals surface area contributed by atoms with Gasteiger partial charge < -0.3 is 10.1 Å². The predicted molar refractivity (Wildman–Crippen MR) is 109 cm³/mol. The van der Waals surface area contributed by atoms with E-state index >= 15 is 0 Å². The van der Waals surface area contributed by atoms with Crippen molar-refractivity contribution in [2.75, 3.05) is 0 Å². The quantitative estimate of drug-likeness (QED) is 0.648. The summed E-state index contributed by atoms with van der Waals surface area (Å²) < 4.78 is 5.65. The van der Waals surface area contributed by atoms with Crippen molar-refractivity contribution in [2.24, 2.45) is 0 Å². The van der Waals surface area contributed by atoms with E-state index in [1.165, 1.54) is 5.56 Å². The van der Waals surface area contributed by atoms with Gasteiger partial charge in [0.1, 0.15) is 5.75 Å². The molecule has 0 fully saturated rings. The molecule has 0 bridgehead atoms. The normalized spacial score (nSPS) is 11.9. The maximum atomic E-state index is 12.9. The Hall–Kier alpha value is -3.07. The molecule has 0 spiro atoms. The van der Waals surface area contributed by atoms with Crippen molar-refractivity contribution in [1.29, 1.82) is 0 Å². The molecule has 0 saturated heterocycles. The first kappa shape index (κ1) is 18.7. The zero-order chi connectivity index (χ0) is 19.2. The Kier molecular flexibility index (Phi) is 5.92. The summed E-state index contributed by atoms with van der Waals surface area (Å²) in [5.41, 5.74) is 3.91. The van der Waals surface area contributed by atoms with Gasteiger partial charge >= 0.3 is 0 Å². The first-order valence-corrected chi connectivity index (χ1v) is 9.22. The van der Waals surface area contributed by atoms with Crippen LogP contribution in [-0.4, -0.2) is 12.0 Å². The number of hydrogen-bond acceptors (Lipinski definition) is 2. The molecule has 1 atom stereocenters. The van der Waals surface area contributed by atoms with Crippen molar-refractivity contribution < 1.29 is 9.53 Å². The fourth-order valence-corrected chi connectivity index (χ4v) is 2.93. The number of aryl methyl sites for hydroxylation is 1. The smallest absolute Gasteiger partial charge is 0.252 e. The van der Waals surface area contributed by atoms with Crippen LogP contribution >= 0.6 is 0 Å². The van der Waals surface area contributed by atoms with Gasteiger partial charge in [0, 0.05) is 5.56 Å². The van der Waals surface area contributed by atoms with Crippen LogP contribution in [0.4, 0.5) is 0 Å². The van der Waals surface area contributed by atoms with Crippen LogP contribution in [0.25, 0.3) is 0 Å². The van der Waals surface area contributed by atoms with Crippen molar-refractivity contribution in [3.05, 3.63) is 101 Å². The summed E-state index contributed by atoms with van der Waals surface area (Å²) in [6.07, 6.45) is 0.105. The van der Waals surface area contributed by atoms with E-state index < -0.39 is 0 Å². The Morgan fingerprint density at radius 3 is 2.00 bits per heavy atom. The van der Waals surface area contributed by atoms with Crippen molar-refractivity contribution in [3.8, 4) is 5.75 Å². The summed E-state index contributed by atoms with van der Waals surface area (Å²) in [5, 5.41) is 3.17. The van der Waals surface area contributed by atoms with Crippen molar-refractivity contribution in [3.63, 3.8) is 0 Å². The minimum atomic E-state index is -0.203. The highest BCUT2D eigenvalue weighted by atomic mass is 16.5. The molecule has 0 aromatic heterocycles. The molecule has 138 valence electrons. The van der Waals surface area contributed by atoms with E-state index in [0.29, 0.717) is 5.56 Å². The van der Waals surface area contributed by atoms with E-state index in [2.05, 4.69) is 36.5 Å². The molecular formula is C24H25NO2. The number of ether oxygens (including phenoxy) is 1. The van der Waals surface area contributed by atoms with Crippen LogP contribution in [0, 0.1) is 6.92 Å². The van der Waals surface area contributed by atoms with E-state index in [1.54, 1.807) is 12.1 Å². The van der Waals surface area contributed by atoms with Crippen LogP contribution in [0.5, 0.6) is 5.75 Å². The minimum Gasteiger partial charge on any atom is -0.491 e. The minimum absolute atomic E-state index is 0.105. The van der Waals surface area contributed by atoms with Gasteiger partial charge in [-0.25, -0.2) is 0 Å². The highest BCUT2D eigenvalue weighted by Crippen LogP contribution is 2.23. The third-order valence-corrected chi connectivity index (χ3v) is 4.31. The number of benzene rings is 3. The molecule has 3 aromatic carbocycles. The molecule has 0 aliphatic heterocycles. The predicted octanol–water partition coefficient (Wildman–Crippen LogP) is 5.30. The maximum absolute atomic E-state index is 12.9. The SMILES string of the molecule is Cc1ccc([C@@H](NC(=O)c2ccc(OC(C)C)cc2)c2ccccc2)cc1. The lowest BCUT2D eigenvalue weighted by molar-refractivity contribution is 0.0943. The van der Waals surface area contributed by atoms with Crippen LogP contribution in [-0.2, 0) is 0 Å². The molecule has 3 heteroatoms. The molecule has 0 saturated carbocycles. The van der Waals surface area contributed by atoms with Gasteiger partial charge in [0.15, 0.2) is 0 Å². The largest absolute Gasteiger partial charge is 0.491 e. The van der Waals surface area contributed by atoms with Crippen LogP contribution in [0.2, 0.25) is 0 Å². The molecule has 0 radical (unpaired) electrons. The van der Waals surface area contributed by atoms with Gasteiger partial charge in [-0.2, -0.15) is 0 Å². The molecule has 27 heavy (non-hydrogen) atoms. The Morgan fingerprint density at radius 1 is 0.815 bits per heavy atom. The summed E-state index contributed by atoms with van der Waals surface area (Å²) in [6, 6.07) is 25.3. The zero-order valence-electron chi connectivity index (χ0n) is 16.0. The Morgan fingerprint density at radius 2 is 1.41 bits per heavy atom. The lowest BCUT2D eigenvalue weighted by Gasteiger charge is -2.20. The molecule has 3 nitrogen and oxygen atoms in total. The highest BCUT2D eigenvalue weighted by Gasteiger charge is 2.17. The van der Waals surface area contributed by atoms with Crippen molar-refractivity contribution in [1.82, 2.24) is 5.32 Å². The molecule has 0 heterocycles. The molecule has 0 aliphatic rings. The van der Waals surface area contributed by atoms with Crippen LogP contribution in [0.15, 0.2) is 78.9 Å². The first-order chi connectivity index (χ1) is 13.0. The Bertz CT molecular complexity index is 869. The second-order valence-corrected chi connectivity index (χ2v) is 6.92. The lowest BCUT2D eigenvalue weighted by Crippen LogP contribution is -2.29. The topological polar surface area (TPSA) is 38.3 Å². The van der Waals surface area contributed by atoms with Gasteiger partial charge in [-0.15, -0.1) is 0 Å². The van der Waals surface area contributed by atoms with Gasteiger partial charge in [0.2, 0.25) is 0 Å². The Labute approximate surface area is 161 Å². The fraction of sp³-hybridized carbons (Fsp3) is 0.208. The number of amides is 1. The molecular weight excluding hydrogens is 334 g/mol. The second kappa shape index (κ2) is 8.54. The summed E-state index contributed by atoms with van der Waals surface area (Å²) in [4.78, 5) is 12.9. The molecule has 0 aliphatic carbocycles. The second-order valence-electron chi connectivity index (χ2n) is 6.92. The third kappa shape index (κ3) is 4.98. The zero-order valence-corrected chi connectivity index (χ0v) is 16.0. The lowest BCUT2D eigenvalue weighted by atomic mass is 9.97. The summed E-state index contributed by atoms with van der Waals surface area (Å²) in [6.45, 7) is 6.01. The number of carbonyl (C=O) groups is 1. The molecule has 1 amide bonds. The highest BCUT2D eigenvalue weighted by molar-refractivity contribution is 5.94. The van der Waals surface area contributed by atoms with Crippen molar-refractivity contribution >= 4 is 5.91 Å². The number of carbonyl (C=O) groups excluding carboxylic acids is 1. The fourth-order valence-electron chi connectivity index (χ4n) is 2.93. The van der Waals surface area contributed by atoms with Crippen LogP contribution in [0.3, 0.4) is 0 Å².